The molecule has 6 heteroatoms. The summed E-state index contributed by atoms with van der Waals surface area (Å²) in [5, 5.41) is 11.2. The number of fused-ring (bicyclic) bond motifs is 1. The zero-order chi connectivity index (χ0) is 15.8. The van der Waals surface area contributed by atoms with Gasteiger partial charge in [-0.25, -0.2) is 4.68 Å². The van der Waals surface area contributed by atoms with E-state index in [1.165, 1.54) is 19.3 Å². The molecule has 0 N–H and O–H groups in total. The fraction of sp³-hybridized carbons (Fsp3) is 0.529. The molecule has 2 aliphatic rings. The fourth-order valence-corrected chi connectivity index (χ4v) is 4.27. The van der Waals surface area contributed by atoms with E-state index >= 15 is 0 Å². The molecular weight excluding hydrogens is 290 g/mol. The van der Waals surface area contributed by atoms with Crippen LogP contribution in [-0.4, -0.2) is 43.1 Å². The first-order chi connectivity index (χ1) is 11.2. The number of hydrogen-bond donors (Lipinski definition) is 0. The summed E-state index contributed by atoms with van der Waals surface area (Å²) in [4.78, 5) is 15.2. The van der Waals surface area contributed by atoms with Gasteiger partial charge in [-0.2, -0.15) is 0 Å². The van der Waals surface area contributed by atoms with E-state index in [1.807, 2.05) is 24.3 Å². The van der Waals surface area contributed by atoms with Gasteiger partial charge in [-0.3, -0.25) is 4.79 Å². The topological polar surface area (TPSA) is 63.9 Å². The van der Waals surface area contributed by atoms with Gasteiger partial charge in [0, 0.05) is 17.6 Å². The largest absolute Gasteiger partial charge is 0.333 e. The van der Waals surface area contributed by atoms with E-state index in [1.54, 1.807) is 11.0 Å². The molecule has 1 aromatic carbocycles. The van der Waals surface area contributed by atoms with Crippen molar-refractivity contribution in [3.63, 3.8) is 0 Å². The monoisotopic (exact) mass is 311 g/mol. The predicted molar refractivity (Wildman–Crippen MR) is 85.1 cm³/mol. The van der Waals surface area contributed by atoms with Crippen LogP contribution < -0.4 is 0 Å². The van der Waals surface area contributed by atoms with Gasteiger partial charge >= 0.3 is 0 Å². The van der Waals surface area contributed by atoms with Crippen molar-refractivity contribution in [2.24, 2.45) is 5.92 Å². The number of nitrogens with zero attached hydrogens (tertiary/aromatic N) is 5. The smallest absolute Gasteiger partial charge is 0.254 e. The van der Waals surface area contributed by atoms with Gasteiger partial charge in [0.15, 0.2) is 0 Å². The summed E-state index contributed by atoms with van der Waals surface area (Å²) in [5.74, 6) is 0.826. The van der Waals surface area contributed by atoms with Crippen LogP contribution in [0.4, 0.5) is 0 Å². The normalized spacial score (nSPS) is 27.0. The van der Waals surface area contributed by atoms with Crippen LogP contribution in [-0.2, 0) is 0 Å². The van der Waals surface area contributed by atoms with Crippen molar-refractivity contribution in [2.45, 2.75) is 51.1 Å². The van der Waals surface area contributed by atoms with Crippen molar-refractivity contribution in [1.29, 1.82) is 0 Å². The molecule has 4 rings (SSSR count). The van der Waals surface area contributed by atoms with Gasteiger partial charge in [0.1, 0.15) is 6.33 Å². The molecule has 1 amide bonds. The summed E-state index contributed by atoms with van der Waals surface area (Å²) in [7, 11) is 0. The molecule has 2 aromatic rings. The molecule has 0 bridgehead atoms. The van der Waals surface area contributed by atoms with E-state index < -0.39 is 0 Å². The number of hydrogen-bond acceptors (Lipinski definition) is 4. The number of aromatic nitrogens is 4. The number of benzene rings is 1. The molecule has 1 aliphatic carbocycles. The van der Waals surface area contributed by atoms with Crippen LogP contribution in [0.25, 0.3) is 5.69 Å². The first-order valence-corrected chi connectivity index (χ1v) is 8.40. The minimum absolute atomic E-state index is 0.141. The second-order valence-electron chi connectivity index (χ2n) is 6.71. The van der Waals surface area contributed by atoms with Crippen molar-refractivity contribution in [3.05, 3.63) is 36.2 Å². The standard InChI is InChI=1S/C17H21N5O/c1-12-9-13-5-2-3-8-16(13)22(12)17(23)14-6-4-7-15(10-14)21-11-18-19-20-21/h4,6-7,10-13,16H,2-3,5,8-9H2,1H3. The van der Waals surface area contributed by atoms with E-state index in [-0.39, 0.29) is 5.91 Å². The Kier molecular flexibility index (Phi) is 3.59. The zero-order valence-electron chi connectivity index (χ0n) is 13.3. The van der Waals surface area contributed by atoms with Crippen molar-refractivity contribution >= 4 is 5.91 Å². The predicted octanol–water partition coefficient (Wildman–Crippen LogP) is 2.46. The van der Waals surface area contributed by atoms with Crippen molar-refractivity contribution in [1.82, 2.24) is 25.1 Å². The fourth-order valence-electron chi connectivity index (χ4n) is 4.27. The van der Waals surface area contributed by atoms with Crippen molar-refractivity contribution < 1.29 is 4.79 Å². The molecule has 1 saturated heterocycles. The van der Waals surface area contributed by atoms with E-state index in [2.05, 4.69) is 27.3 Å². The molecule has 3 atom stereocenters. The number of rotatable bonds is 2. The SMILES string of the molecule is CC1CC2CCCCC2N1C(=O)c1cccc(-n2cnnn2)c1. The molecular formula is C17H21N5O. The maximum Gasteiger partial charge on any atom is 0.254 e. The average Bonchev–Trinajstić information content (AvgIpc) is 3.21. The number of carbonyl (C=O) groups excluding carboxylic acids is 1. The average molecular weight is 311 g/mol. The third-order valence-electron chi connectivity index (χ3n) is 5.29. The highest BCUT2D eigenvalue weighted by atomic mass is 16.2. The molecule has 1 saturated carbocycles. The van der Waals surface area contributed by atoms with E-state index in [0.29, 0.717) is 18.0 Å². The van der Waals surface area contributed by atoms with Crippen LogP contribution in [0.15, 0.2) is 30.6 Å². The van der Waals surface area contributed by atoms with Crippen LogP contribution in [0.3, 0.4) is 0 Å². The molecule has 1 aromatic heterocycles. The van der Waals surface area contributed by atoms with Gasteiger partial charge in [-0.05, 0) is 60.7 Å². The lowest BCUT2D eigenvalue weighted by molar-refractivity contribution is 0.0633. The highest BCUT2D eigenvalue weighted by molar-refractivity contribution is 5.95. The Bertz CT molecular complexity index is 699. The third-order valence-corrected chi connectivity index (χ3v) is 5.29. The lowest BCUT2D eigenvalue weighted by Crippen LogP contribution is -2.42. The van der Waals surface area contributed by atoms with Crippen LogP contribution >= 0.6 is 0 Å². The molecule has 1 aliphatic heterocycles. The van der Waals surface area contributed by atoms with Crippen molar-refractivity contribution in [2.75, 3.05) is 0 Å². The quantitative estimate of drug-likeness (QED) is 0.854. The highest BCUT2D eigenvalue weighted by Gasteiger charge is 2.42. The first-order valence-electron chi connectivity index (χ1n) is 8.40. The number of likely N-dealkylation sites (tertiary alicyclic amines) is 1. The third kappa shape index (κ3) is 2.52. The molecule has 2 heterocycles. The molecule has 0 spiro atoms. The van der Waals surface area contributed by atoms with Crippen LogP contribution in [0, 0.1) is 5.92 Å². The lowest BCUT2D eigenvalue weighted by atomic mass is 9.85. The Morgan fingerprint density at radius 1 is 1.26 bits per heavy atom. The Hall–Kier alpha value is -2.24. The summed E-state index contributed by atoms with van der Waals surface area (Å²) in [6.45, 7) is 2.18. The molecule has 6 nitrogen and oxygen atoms in total. The molecule has 0 radical (unpaired) electrons. The van der Waals surface area contributed by atoms with Gasteiger partial charge in [-0.15, -0.1) is 5.10 Å². The summed E-state index contributed by atoms with van der Waals surface area (Å²) in [6.07, 6.45) is 7.65. The maximum absolute atomic E-state index is 13.1. The van der Waals surface area contributed by atoms with E-state index in [0.717, 1.165) is 24.1 Å². The maximum atomic E-state index is 13.1. The van der Waals surface area contributed by atoms with Crippen LogP contribution in [0.5, 0.6) is 0 Å². The number of amides is 1. The van der Waals surface area contributed by atoms with Gasteiger partial charge < -0.3 is 4.90 Å². The zero-order valence-corrected chi connectivity index (χ0v) is 13.3. The summed E-state index contributed by atoms with van der Waals surface area (Å²) < 4.78 is 1.58. The Balaban J connectivity index is 1.62. The first kappa shape index (κ1) is 14.4. The van der Waals surface area contributed by atoms with Crippen LogP contribution in [0.1, 0.15) is 49.4 Å². The summed E-state index contributed by atoms with van der Waals surface area (Å²) >= 11 is 0. The summed E-state index contributed by atoms with van der Waals surface area (Å²) in [5.41, 5.74) is 1.53. The van der Waals surface area contributed by atoms with Crippen molar-refractivity contribution in [3.8, 4) is 5.69 Å². The number of carbonyl (C=O) groups is 1. The summed E-state index contributed by atoms with van der Waals surface area (Å²) in [6, 6.07) is 8.31. The lowest BCUT2D eigenvalue weighted by Gasteiger charge is -2.33. The molecule has 120 valence electrons. The minimum Gasteiger partial charge on any atom is -0.333 e. The van der Waals surface area contributed by atoms with Crippen LogP contribution in [0.2, 0.25) is 0 Å². The van der Waals surface area contributed by atoms with Gasteiger partial charge in [0.05, 0.1) is 5.69 Å². The second-order valence-corrected chi connectivity index (χ2v) is 6.71. The van der Waals surface area contributed by atoms with E-state index in [4.69, 9.17) is 0 Å². The Labute approximate surface area is 135 Å². The minimum atomic E-state index is 0.141. The molecule has 2 fully saturated rings. The van der Waals surface area contributed by atoms with Gasteiger partial charge in [0.2, 0.25) is 0 Å². The van der Waals surface area contributed by atoms with Gasteiger partial charge in [0.25, 0.3) is 5.91 Å². The second kappa shape index (κ2) is 5.76. The Morgan fingerprint density at radius 3 is 2.96 bits per heavy atom. The molecule has 23 heavy (non-hydrogen) atoms. The van der Waals surface area contributed by atoms with E-state index in [9.17, 15) is 4.79 Å². The van der Waals surface area contributed by atoms with Gasteiger partial charge in [-0.1, -0.05) is 18.9 Å². The Morgan fingerprint density at radius 2 is 2.13 bits per heavy atom. The molecule has 3 unspecified atom stereocenters. The number of tetrazole rings is 1. The highest BCUT2D eigenvalue weighted by Crippen LogP contribution is 2.40.